The van der Waals surface area contributed by atoms with Crippen LogP contribution in [0.15, 0.2) is 53.8 Å². The fraction of sp³-hybridized carbons (Fsp3) is 0.0526. The van der Waals surface area contributed by atoms with Gasteiger partial charge in [-0.1, -0.05) is 11.6 Å². The second-order valence-electron chi connectivity index (χ2n) is 6.35. The van der Waals surface area contributed by atoms with Crippen LogP contribution in [0.5, 0.6) is 0 Å². The molecule has 0 aliphatic rings. The van der Waals surface area contributed by atoms with Crippen molar-refractivity contribution in [1.29, 1.82) is 5.26 Å². The van der Waals surface area contributed by atoms with Crippen LogP contribution in [0.1, 0.15) is 11.3 Å². The zero-order valence-corrected chi connectivity index (χ0v) is 15.7. The first-order chi connectivity index (χ1) is 14.1. The van der Waals surface area contributed by atoms with E-state index in [0.29, 0.717) is 44.5 Å². The number of aryl methyl sites for hydroxylation is 1. The minimum Gasteiger partial charge on any atom is -0.268 e. The SMILES string of the molecule is Cc1cc(-n2ncc3c(=O)n(-c4ccc(Cl)cc4)cnc32)n2ncc(C#N)c2n1. The summed E-state index contributed by atoms with van der Waals surface area (Å²) < 4.78 is 4.45. The van der Waals surface area contributed by atoms with Gasteiger partial charge < -0.3 is 0 Å². The summed E-state index contributed by atoms with van der Waals surface area (Å²) in [5, 5.41) is 18.8. The zero-order valence-electron chi connectivity index (χ0n) is 15.0. The molecule has 0 aliphatic carbocycles. The lowest BCUT2D eigenvalue weighted by Crippen LogP contribution is -2.19. The van der Waals surface area contributed by atoms with Crippen molar-refractivity contribution in [2.24, 2.45) is 0 Å². The van der Waals surface area contributed by atoms with E-state index < -0.39 is 0 Å². The summed E-state index contributed by atoms with van der Waals surface area (Å²) in [5.74, 6) is 0.528. The Morgan fingerprint density at radius 1 is 1.10 bits per heavy atom. The summed E-state index contributed by atoms with van der Waals surface area (Å²) >= 11 is 5.93. The van der Waals surface area contributed by atoms with Crippen molar-refractivity contribution in [2.45, 2.75) is 6.92 Å². The Hall–Kier alpha value is -4.03. The van der Waals surface area contributed by atoms with Crippen molar-refractivity contribution in [1.82, 2.24) is 33.9 Å². The first-order valence-corrected chi connectivity index (χ1v) is 8.92. The van der Waals surface area contributed by atoms with Crippen LogP contribution in [0.2, 0.25) is 5.02 Å². The van der Waals surface area contributed by atoms with Gasteiger partial charge in [-0.15, -0.1) is 0 Å². The van der Waals surface area contributed by atoms with Gasteiger partial charge in [-0.3, -0.25) is 9.36 Å². The molecule has 4 heterocycles. The highest BCUT2D eigenvalue weighted by Crippen LogP contribution is 2.19. The Morgan fingerprint density at radius 3 is 2.66 bits per heavy atom. The van der Waals surface area contributed by atoms with Crippen molar-refractivity contribution in [3.63, 3.8) is 0 Å². The first-order valence-electron chi connectivity index (χ1n) is 8.54. The summed E-state index contributed by atoms with van der Waals surface area (Å²) in [7, 11) is 0. The van der Waals surface area contributed by atoms with Crippen molar-refractivity contribution < 1.29 is 0 Å². The van der Waals surface area contributed by atoms with E-state index in [-0.39, 0.29) is 5.56 Å². The minimum atomic E-state index is -0.260. The second-order valence-corrected chi connectivity index (χ2v) is 6.79. The normalized spacial score (nSPS) is 11.2. The minimum absolute atomic E-state index is 0.260. The van der Waals surface area contributed by atoms with Crippen LogP contribution < -0.4 is 5.56 Å². The summed E-state index contributed by atoms with van der Waals surface area (Å²) in [6.07, 6.45) is 4.35. The van der Waals surface area contributed by atoms with Gasteiger partial charge in [-0.2, -0.15) is 24.7 Å². The third-order valence-corrected chi connectivity index (χ3v) is 4.76. The Labute approximate surface area is 168 Å². The molecule has 29 heavy (non-hydrogen) atoms. The molecular weight excluding hydrogens is 392 g/mol. The Kier molecular flexibility index (Phi) is 3.69. The molecule has 0 fully saturated rings. The molecular formula is C19H11ClN8O. The van der Waals surface area contributed by atoms with E-state index in [0.717, 1.165) is 0 Å². The van der Waals surface area contributed by atoms with E-state index in [1.807, 2.05) is 6.92 Å². The second kappa shape index (κ2) is 6.25. The van der Waals surface area contributed by atoms with E-state index in [9.17, 15) is 10.1 Å². The highest BCUT2D eigenvalue weighted by molar-refractivity contribution is 6.30. The van der Waals surface area contributed by atoms with Crippen molar-refractivity contribution in [2.75, 3.05) is 0 Å². The van der Waals surface area contributed by atoms with E-state index in [1.165, 1.54) is 32.5 Å². The smallest absolute Gasteiger partial charge is 0.268 e. The molecule has 0 atom stereocenters. The molecule has 0 aliphatic heterocycles. The van der Waals surface area contributed by atoms with Gasteiger partial charge in [0.25, 0.3) is 5.56 Å². The predicted molar refractivity (Wildman–Crippen MR) is 105 cm³/mol. The number of nitrogens with zero attached hydrogens (tertiary/aromatic N) is 8. The fourth-order valence-electron chi connectivity index (χ4n) is 3.16. The van der Waals surface area contributed by atoms with Crippen LogP contribution in [0.3, 0.4) is 0 Å². The maximum absolute atomic E-state index is 13.0. The maximum Gasteiger partial charge on any atom is 0.269 e. The van der Waals surface area contributed by atoms with Gasteiger partial charge >= 0.3 is 0 Å². The van der Waals surface area contributed by atoms with Crippen molar-refractivity contribution in [3.05, 3.63) is 75.7 Å². The first kappa shape index (κ1) is 17.1. The number of aromatic nitrogens is 7. The van der Waals surface area contributed by atoms with Gasteiger partial charge in [0.2, 0.25) is 0 Å². The van der Waals surface area contributed by atoms with Crippen LogP contribution in [-0.2, 0) is 0 Å². The number of nitriles is 1. The largest absolute Gasteiger partial charge is 0.269 e. The lowest BCUT2D eigenvalue weighted by molar-refractivity contribution is 0.787. The molecule has 0 unspecified atom stereocenters. The molecule has 0 radical (unpaired) electrons. The third-order valence-electron chi connectivity index (χ3n) is 4.51. The Bertz CT molecular complexity index is 1500. The molecule has 9 nitrogen and oxygen atoms in total. The highest BCUT2D eigenvalue weighted by atomic mass is 35.5. The molecule has 0 saturated carbocycles. The molecule has 1 aromatic carbocycles. The van der Waals surface area contributed by atoms with Crippen LogP contribution in [-0.4, -0.2) is 33.9 Å². The summed E-state index contributed by atoms with van der Waals surface area (Å²) in [6, 6.07) is 10.7. The maximum atomic E-state index is 13.0. The van der Waals surface area contributed by atoms with Crippen LogP contribution in [0.25, 0.3) is 28.2 Å². The molecule has 0 N–H and O–H groups in total. The van der Waals surface area contributed by atoms with Crippen LogP contribution in [0, 0.1) is 18.3 Å². The molecule has 5 rings (SSSR count). The molecule has 5 aromatic rings. The molecule has 10 heteroatoms. The predicted octanol–water partition coefficient (Wildman–Crippen LogP) is 2.45. The summed E-state index contributed by atoms with van der Waals surface area (Å²) in [5.41, 5.74) is 2.21. The number of rotatable bonds is 2. The van der Waals surface area contributed by atoms with E-state index in [2.05, 4.69) is 26.2 Å². The number of benzene rings is 1. The lowest BCUT2D eigenvalue weighted by atomic mass is 10.3. The number of fused-ring (bicyclic) bond motifs is 2. The Balaban J connectivity index is 1.75. The monoisotopic (exact) mass is 402 g/mol. The van der Waals surface area contributed by atoms with Gasteiger partial charge in [0.05, 0.1) is 18.1 Å². The van der Waals surface area contributed by atoms with Gasteiger partial charge in [0.15, 0.2) is 17.1 Å². The van der Waals surface area contributed by atoms with E-state index in [4.69, 9.17) is 11.6 Å². The third kappa shape index (κ3) is 2.58. The van der Waals surface area contributed by atoms with Crippen LogP contribution >= 0.6 is 11.6 Å². The molecule has 0 amide bonds. The van der Waals surface area contributed by atoms with Crippen molar-refractivity contribution >= 4 is 28.3 Å². The topological polar surface area (TPSA) is 107 Å². The van der Waals surface area contributed by atoms with Gasteiger partial charge in [0, 0.05) is 16.8 Å². The number of hydrogen-bond donors (Lipinski definition) is 0. The van der Waals surface area contributed by atoms with Gasteiger partial charge in [-0.25, -0.2) is 9.97 Å². The molecule has 0 spiro atoms. The highest BCUT2D eigenvalue weighted by Gasteiger charge is 2.17. The average Bonchev–Trinajstić information content (AvgIpc) is 3.33. The molecule has 0 saturated heterocycles. The van der Waals surface area contributed by atoms with Gasteiger partial charge in [0.1, 0.15) is 23.3 Å². The van der Waals surface area contributed by atoms with Crippen LogP contribution in [0.4, 0.5) is 0 Å². The summed E-state index contributed by atoms with van der Waals surface area (Å²) in [4.78, 5) is 21.8. The van der Waals surface area contributed by atoms with Gasteiger partial charge in [-0.05, 0) is 31.2 Å². The number of halogens is 1. The van der Waals surface area contributed by atoms with E-state index >= 15 is 0 Å². The molecule has 0 bridgehead atoms. The molecule has 140 valence electrons. The zero-order chi connectivity index (χ0) is 20.1. The Morgan fingerprint density at radius 2 is 1.90 bits per heavy atom. The standard InChI is InChI=1S/C19H11ClN8O/c1-11-6-16(27-17(25-11)12(7-21)8-23-27)28-18-15(9-24-28)19(29)26(10-22-18)14-4-2-13(20)3-5-14/h2-6,8-10H,1H3. The number of hydrogen-bond acceptors (Lipinski definition) is 6. The lowest BCUT2D eigenvalue weighted by Gasteiger charge is -2.08. The molecule has 4 aromatic heterocycles. The quantitative estimate of drug-likeness (QED) is 0.449. The van der Waals surface area contributed by atoms with Crippen molar-refractivity contribution in [3.8, 4) is 17.6 Å². The fourth-order valence-corrected chi connectivity index (χ4v) is 3.29. The average molecular weight is 403 g/mol. The summed E-state index contributed by atoms with van der Waals surface area (Å²) in [6.45, 7) is 1.81. The van der Waals surface area contributed by atoms with E-state index in [1.54, 1.807) is 30.3 Å².